The Morgan fingerprint density at radius 3 is 2.35 bits per heavy atom. The van der Waals surface area contributed by atoms with Gasteiger partial charge in [-0.1, -0.05) is 35.3 Å². The Hall–Kier alpha value is -1.48. The first-order valence-electron chi connectivity index (χ1n) is 6.29. The number of hydrogen-bond acceptors (Lipinski definition) is 2. The standard InChI is InChI=1S/C16H13Cl2NO/c1-19-16(10-2-4-12(17)5-3-10)15-9-11-8-13(18)6-7-14(11)20-15/h2-9,16,19H,1H3. The second-order valence-electron chi connectivity index (χ2n) is 4.60. The molecule has 0 fully saturated rings. The van der Waals surface area contributed by atoms with Gasteiger partial charge in [0, 0.05) is 15.4 Å². The Morgan fingerprint density at radius 2 is 1.65 bits per heavy atom. The van der Waals surface area contributed by atoms with Crippen LogP contribution in [0.5, 0.6) is 0 Å². The van der Waals surface area contributed by atoms with E-state index in [1.165, 1.54) is 0 Å². The van der Waals surface area contributed by atoms with Crippen molar-refractivity contribution in [1.29, 1.82) is 0 Å². The Morgan fingerprint density at radius 1 is 0.950 bits per heavy atom. The molecule has 102 valence electrons. The third-order valence-electron chi connectivity index (χ3n) is 3.27. The predicted molar refractivity (Wildman–Crippen MR) is 83.6 cm³/mol. The van der Waals surface area contributed by atoms with E-state index in [1.807, 2.05) is 55.6 Å². The first kappa shape index (κ1) is 13.5. The highest BCUT2D eigenvalue weighted by Crippen LogP contribution is 2.30. The number of furan rings is 1. The summed E-state index contributed by atoms with van der Waals surface area (Å²) in [6.45, 7) is 0. The maximum atomic E-state index is 6.00. The molecule has 3 aromatic rings. The first-order valence-corrected chi connectivity index (χ1v) is 7.04. The molecule has 0 amide bonds. The molecule has 1 atom stereocenters. The molecule has 0 spiro atoms. The van der Waals surface area contributed by atoms with Crippen molar-refractivity contribution in [2.45, 2.75) is 6.04 Å². The van der Waals surface area contributed by atoms with Gasteiger partial charge < -0.3 is 9.73 Å². The van der Waals surface area contributed by atoms with Crippen LogP contribution in [0.2, 0.25) is 10.0 Å². The second-order valence-corrected chi connectivity index (χ2v) is 5.48. The molecule has 0 saturated carbocycles. The van der Waals surface area contributed by atoms with Crippen LogP contribution in [0.15, 0.2) is 52.9 Å². The van der Waals surface area contributed by atoms with Crippen LogP contribution in [0.4, 0.5) is 0 Å². The van der Waals surface area contributed by atoms with E-state index in [4.69, 9.17) is 27.6 Å². The summed E-state index contributed by atoms with van der Waals surface area (Å²) in [7, 11) is 1.90. The summed E-state index contributed by atoms with van der Waals surface area (Å²) in [6, 6.07) is 15.3. The minimum atomic E-state index is -0.0153. The van der Waals surface area contributed by atoms with Crippen molar-refractivity contribution in [2.75, 3.05) is 7.05 Å². The summed E-state index contributed by atoms with van der Waals surface area (Å²) in [5, 5.41) is 5.69. The summed E-state index contributed by atoms with van der Waals surface area (Å²) in [6.07, 6.45) is 0. The molecule has 0 aliphatic carbocycles. The molecule has 1 heterocycles. The van der Waals surface area contributed by atoms with E-state index in [-0.39, 0.29) is 6.04 Å². The SMILES string of the molecule is CNC(c1ccc(Cl)cc1)c1cc2cc(Cl)ccc2o1. The molecule has 1 unspecified atom stereocenters. The van der Waals surface area contributed by atoms with Crippen molar-refractivity contribution in [2.24, 2.45) is 0 Å². The summed E-state index contributed by atoms with van der Waals surface area (Å²) in [5.41, 5.74) is 1.93. The molecule has 3 rings (SSSR count). The fourth-order valence-corrected chi connectivity index (χ4v) is 2.61. The van der Waals surface area contributed by atoms with Crippen LogP contribution in [0.1, 0.15) is 17.4 Å². The van der Waals surface area contributed by atoms with Gasteiger partial charge in [0.25, 0.3) is 0 Å². The normalized spacial score (nSPS) is 12.8. The number of rotatable bonds is 3. The fourth-order valence-electron chi connectivity index (χ4n) is 2.31. The molecule has 0 aliphatic rings. The van der Waals surface area contributed by atoms with Crippen molar-refractivity contribution in [3.8, 4) is 0 Å². The lowest BCUT2D eigenvalue weighted by Crippen LogP contribution is -2.16. The topological polar surface area (TPSA) is 25.2 Å². The molecule has 2 aromatic carbocycles. The van der Waals surface area contributed by atoms with Crippen LogP contribution in [0, 0.1) is 0 Å². The molecule has 1 N–H and O–H groups in total. The number of hydrogen-bond donors (Lipinski definition) is 1. The first-order chi connectivity index (χ1) is 9.67. The third-order valence-corrected chi connectivity index (χ3v) is 3.76. The molecule has 0 bridgehead atoms. The Bertz CT molecular complexity index is 734. The van der Waals surface area contributed by atoms with E-state index in [0.29, 0.717) is 5.02 Å². The molecular weight excluding hydrogens is 293 g/mol. The minimum absolute atomic E-state index is 0.0153. The lowest BCUT2D eigenvalue weighted by molar-refractivity contribution is 0.491. The van der Waals surface area contributed by atoms with Crippen molar-refractivity contribution in [3.05, 3.63) is 69.9 Å². The quantitative estimate of drug-likeness (QED) is 0.732. The van der Waals surface area contributed by atoms with Crippen molar-refractivity contribution in [3.63, 3.8) is 0 Å². The van der Waals surface area contributed by atoms with Gasteiger partial charge in [0.05, 0.1) is 6.04 Å². The van der Waals surface area contributed by atoms with E-state index < -0.39 is 0 Å². The highest BCUT2D eigenvalue weighted by molar-refractivity contribution is 6.31. The number of benzene rings is 2. The smallest absolute Gasteiger partial charge is 0.134 e. The Balaban J connectivity index is 2.04. The summed E-state index contributed by atoms with van der Waals surface area (Å²) >= 11 is 11.9. The van der Waals surface area contributed by atoms with Gasteiger partial charge in [-0.25, -0.2) is 0 Å². The molecule has 0 saturated heterocycles. The van der Waals surface area contributed by atoms with E-state index in [1.54, 1.807) is 0 Å². The molecule has 0 aliphatic heterocycles. The number of nitrogens with one attached hydrogen (secondary N) is 1. The van der Waals surface area contributed by atoms with Crippen LogP contribution < -0.4 is 5.32 Å². The average Bonchev–Trinajstić information content (AvgIpc) is 2.84. The van der Waals surface area contributed by atoms with Gasteiger partial charge in [0.2, 0.25) is 0 Å². The van der Waals surface area contributed by atoms with Crippen molar-refractivity contribution in [1.82, 2.24) is 5.32 Å². The van der Waals surface area contributed by atoms with Crippen LogP contribution in [-0.4, -0.2) is 7.05 Å². The van der Waals surface area contributed by atoms with Crippen LogP contribution in [0.25, 0.3) is 11.0 Å². The molecule has 1 aromatic heterocycles. The van der Waals surface area contributed by atoms with Gasteiger partial charge in [0.1, 0.15) is 11.3 Å². The number of halogens is 2. The molecular formula is C16H13Cl2NO. The molecule has 0 radical (unpaired) electrons. The van der Waals surface area contributed by atoms with Crippen molar-refractivity contribution >= 4 is 34.2 Å². The van der Waals surface area contributed by atoms with Gasteiger partial charge in [0.15, 0.2) is 0 Å². The monoisotopic (exact) mass is 305 g/mol. The van der Waals surface area contributed by atoms with E-state index >= 15 is 0 Å². The van der Waals surface area contributed by atoms with Crippen molar-refractivity contribution < 1.29 is 4.42 Å². The number of fused-ring (bicyclic) bond motifs is 1. The lowest BCUT2D eigenvalue weighted by atomic mass is 10.0. The average molecular weight is 306 g/mol. The van der Waals surface area contributed by atoms with Crippen LogP contribution in [-0.2, 0) is 0 Å². The molecule has 2 nitrogen and oxygen atoms in total. The second kappa shape index (κ2) is 5.49. The molecule has 20 heavy (non-hydrogen) atoms. The maximum absolute atomic E-state index is 6.00. The summed E-state index contributed by atoms with van der Waals surface area (Å²) in [4.78, 5) is 0. The van der Waals surface area contributed by atoms with Gasteiger partial charge in [-0.3, -0.25) is 0 Å². The third kappa shape index (κ3) is 2.55. The van der Waals surface area contributed by atoms with E-state index in [9.17, 15) is 0 Å². The molecule has 4 heteroatoms. The van der Waals surface area contributed by atoms with Gasteiger partial charge in [-0.15, -0.1) is 0 Å². The zero-order valence-electron chi connectivity index (χ0n) is 10.9. The Kier molecular flexibility index (Phi) is 3.70. The van der Waals surface area contributed by atoms with Crippen LogP contribution in [0.3, 0.4) is 0 Å². The Labute approximate surface area is 127 Å². The predicted octanol–water partition coefficient (Wildman–Crippen LogP) is 5.05. The van der Waals surface area contributed by atoms with Gasteiger partial charge >= 0.3 is 0 Å². The van der Waals surface area contributed by atoms with Gasteiger partial charge in [-0.2, -0.15) is 0 Å². The zero-order chi connectivity index (χ0) is 14.1. The summed E-state index contributed by atoms with van der Waals surface area (Å²) < 4.78 is 5.91. The van der Waals surface area contributed by atoms with E-state index in [0.717, 1.165) is 27.3 Å². The maximum Gasteiger partial charge on any atom is 0.134 e. The van der Waals surface area contributed by atoms with Crippen LogP contribution >= 0.6 is 23.2 Å². The minimum Gasteiger partial charge on any atom is -0.459 e. The largest absolute Gasteiger partial charge is 0.459 e. The fraction of sp³-hybridized carbons (Fsp3) is 0.125. The van der Waals surface area contributed by atoms with E-state index in [2.05, 4.69) is 5.32 Å². The summed E-state index contributed by atoms with van der Waals surface area (Å²) in [5.74, 6) is 0.854. The van der Waals surface area contributed by atoms with Gasteiger partial charge in [-0.05, 0) is 49.0 Å². The highest BCUT2D eigenvalue weighted by Gasteiger charge is 2.16. The highest BCUT2D eigenvalue weighted by atomic mass is 35.5. The lowest BCUT2D eigenvalue weighted by Gasteiger charge is -2.13. The zero-order valence-corrected chi connectivity index (χ0v) is 12.4.